The van der Waals surface area contributed by atoms with Crippen molar-refractivity contribution in [3.63, 3.8) is 0 Å². The Bertz CT molecular complexity index is 487. The lowest BCUT2D eigenvalue weighted by atomic mass is 9.86. The minimum atomic E-state index is -0.548. The van der Waals surface area contributed by atoms with Crippen LogP contribution >= 0.6 is 11.6 Å². The van der Waals surface area contributed by atoms with Crippen molar-refractivity contribution in [3.05, 3.63) is 17.3 Å². The molecule has 1 aromatic rings. The van der Waals surface area contributed by atoms with Crippen molar-refractivity contribution in [3.8, 4) is 0 Å². The summed E-state index contributed by atoms with van der Waals surface area (Å²) in [6.07, 6.45) is 4.20. The Morgan fingerprint density at radius 3 is 3.15 bits per heavy atom. The average Bonchev–Trinajstić information content (AvgIpc) is 2.43. The summed E-state index contributed by atoms with van der Waals surface area (Å²) in [4.78, 5) is 19.1. The van der Waals surface area contributed by atoms with Crippen LogP contribution in [0.2, 0.25) is 5.28 Å². The van der Waals surface area contributed by atoms with Crippen molar-refractivity contribution < 1.29 is 13.9 Å². The van der Waals surface area contributed by atoms with E-state index in [1.54, 1.807) is 6.92 Å². The summed E-state index contributed by atoms with van der Waals surface area (Å²) in [6, 6.07) is -0.0152. The third kappa shape index (κ3) is 3.79. The van der Waals surface area contributed by atoms with Crippen LogP contribution in [0.5, 0.6) is 0 Å². The summed E-state index contributed by atoms with van der Waals surface area (Å²) in [6.45, 7) is 2.16. The van der Waals surface area contributed by atoms with Gasteiger partial charge in [0.05, 0.1) is 18.7 Å². The molecule has 1 heterocycles. The summed E-state index contributed by atoms with van der Waals surface area (Å²) in [5.74, 6) is -0.783. The number of hydrogen-bond acceptors (Lipinski definition) is 5. The van der Waals surface area contributed by atoms with E-state index < -0.39 is 5.82 Å². The maximum atomic E-state index is 13.6. The quantitative estimate of drug-likeness (QED) is 0.684. The van der Waals surface area contributed by atoms with Crippen LogP contribution in [0.3, 0.4) is 0 Å². The van der Waals surface area contributed by atoms with Crippen LogP contribution in [-0.2, 0) is 9.53 Å². The molecule has 1 unspecified atom stereocenters. The summed E-state index contributed by atoms with van der Waals surface area (Å²) < 4.78 is 18.6. The number of nitrogens with one attached hydrogen (secondary N) is 1. The summed E-state index contributed by atoms with van der Waals surface area (Å²) in [5.41, 5.74) is 0. The van der Waals surface area contributed by atoms with E-state index in [0.717, 1.165) is 25.5 Å². The van der Waals surface area contributed by atoms with Crippen molar-refractivity contribution in [2.45, 2.75) is 38.6 Å². The zero-order chi connectivity index (χ0) is 14.5. The van der Waals surface area contributed by atoms with Gasteiger partial charge in [-0.15, -0.1) is 0 Å². The number of esters is 1. The van der Waals surface area contributed by atoms with Crippen molar-refractivity contribution in [2.24, 2.45) is 5.92 Å². The Labute approximate surface area is 121 Å². The first kappa shape index (κ1) is 15.0. The number of rotatable bonds is 4. The number of anilines is 1. The number of aromatic nitrogens is 2. The monoisotopic (exact) mass is 301 g/mol. The first-order chi connectivity index (χ1) is 9.60. The fourth-order valence-electron chi connectivity index (χ4n) is 2.44. The topological polar surface area (TPSA) is 64.1 Å². The lowest BCUT2D eigenvalue weighted by Gasteiger charge is -2.28. The van der Waals surface area contributed by atoms with Gasteiger partial charge in [0.1, 0.15) is 0 Å². The van der Waals surface area contributed by atoms with E-state index in [2.05, 4.69) is 15.3 Å². The minimum Gasteiger partial charge on any atom is -0.466 e. The Balaban J connectivity index is 1.99. The molecule has 0 aliphatic heterocycles. The molecule has 1 fully saturated rings. The highest BCUT2D eigenvalue weighted by Crippen LogP contribution is 2.28. The van der Waals surface area contributed by atoms with Gasteiger partial charge in [-0.3, -0.25) is 4.79 Å². The van der Waals surface area contributed by atoms with Crippen LogP contribution in [0.15, 0.2) is 6.20 Å². The summed E-state index contributed by atoms with van der Waals surface area (Å²) >= 11 is 5.65. The lowest BCUT2D eigenvalue weighted by molar-refractivity contribution is -0.149. The third-order valence-corrected chi connectivity index (χ3v) is 3.53. The lowest BCUT2D eigenvalue weighted by Crippen LogP contribution is -2.32. The zero-order valence-electron chi connectivity index (χ0n) is 11.2. The molecule has 1 saturated carbocycles. The molecule has 1 N–H and O–H groups in total. The molecule has 2 atom stereocenters. The number of halogens is 2. The molecule has 0 saturated heterocycles. The largest absolute Gasteiger partial charge is 0.466 e. The van der Waals surface area contributed by atoms with E-state index in [0.29, 0.717) is 13.0 Å². The highest BCUT2D eigenvalue weighted by atomic mass is 35.5. The van der Waals surface area contributed by atoms with Gasteiger partial charge in [-0.25, -0.2) is 9.37 Å². The number of carbonyl (C=O) groups excluding carboxylic acids is 1. The normalized spacial score (nSPS) is 22.4. The van der Waals surface area contributed by atoms with E-state index in [1.165, 1.54) is 0 Å². The molecule has 0 radical (unpaired) electrons. The molecule has 5 nitrogen and oxygen atoms in total. The summed E-state index contributed by atoms with van der Waals surface area (Å²) in [5, 5.41) is 2.99. The fraction of sp³-hybridized carbons (Fsp3) is 0.615. The van der Waals surface area contributed by atoms with Gasteiger partial charge >= 0.3 is 5.97 Å². The molecule has 0 spiro atoms. The average molecular weight is 302 g/mol. The molecule has 20 heavy (non-hydrogen) atoms. The van der Waals surface area contributed by atoms with Crippen molar-refractivity contribution in [2.75, 3.05) is 11.9 Å². The SMILES string of the molecule is CCOC(=O)C1CCC[C@H](Nc2nc(Cl)ncc2F)C1. The predicted octanol–water partition coefficient (Wildman–Crippen LogP) is 2.80. The molecule has 2 rings (SSSR count). The Morgan fingerprint density at radius 1 is 1.60 bits per heavy atom. The van der Waals surface area contributed by atoms with Crippen LogP contribution < -0.4 is 5.32 Å². The number of carbonyl (C=O) groups is 1. The van der Waals surface area contributed by atoms with Gasteiger partial charge in [0.2, 0.25) is 5.28 Å². The van der Waals surface area contributed by atoms with Gasteiger partial charge in [0, 0.05) is 6.04 Å². The maximum Gasteiger partial charge on any atom is 0.308 e. The molecule has 0 aromatic carbocycles. The minimum absolute atomic E-state index is 0.00773. The predicted molar refractivity (Wildman–Crippen MR) is 73.0 cm³/mol. The molecule has 0 bridgehead atoms. The van der Waals surface area contributed by atoms with Gasteiger partial charge in [-0.1, -0.05) is 6.42 Å². The van der Waals surface area contributed by atoms with E-state index in [4.69, 9.17) is 16.3 Å². The van der Waals surface area contributed by atoms with E-state index in [1.807, 2.05) is 0 Å². The van der Waals surface area contributed by atoms with Crippen LogP contribution in [0, 0.1) is 11.7 Å². The number of ether oxygens (including phenoxy) is 1. The smallest absolute Gasteiger partial charge is 0.308 e. The van der Waals surface area contributed by atoms with E-state index in [9.17, 15) is 9.18 Å². The van der Waals surface area contributed by atoms with E-state index >= 15 is 0 Å². The molecule has 1 aliphatic rings. The molecular weight excluding hydrogens is 285 g/mol. The van der Waals surface area contributed by atoms with Crippen molar-refractivity contribution in [1.29, 1.82) is 0 Å². The molecule has 7 heteroatoms. The van der Waals surface area contributed by atoms with Gasteiger partial charge in [0.15, 0.2) is 11.6 Å². The highest BCUT2D eigenvalue weighted by Gasteiger charge is 2.28. The first-order valence-electron chi connectivity index (χ1n) is 6.71. The first-order valence-corrected chi connectivity index (χ1v) is 7.09. The molecule has 1 aromatic heterocycles. The molecular formula is C13H17ClFN3O2. The second-order valence-electron chi connectivity index (χ2n) is 4.79. The van der Waals surface area contributed by atoms with E-state index in [-0.39, 0.29) is 29.0 Å². The maximum absolute atomic E-state index is 13.6. The number of nitrogens with zero attached hydrogens (tertiary/aromatic N) is 2. The van der Waals surface area contributed by atoms with Gasteiger partial charge in [-0.2, -0.15) is 4.98 Å². The summed E-state index contributed by atoms with van der Waals surface area (Å²) in [7, 11) is 0. The van der Waals surface area contributed by atoms with Crippen LogP contribution in [0.1, 0.15) is 32.6 Å². The molecule has 110 valence electrons. The van der Waals surface area contributed by atoms with Crippen molar-refractivity contribution in [1.82, 2.24) is 9.97 Å². The second-order valence-corrected chi connectivity index (χ2v) is 5.13. The van der Waals surface area contributed by atoms with Gasteiger partial charge in [0.25, 0.3) is 0 Å². The fourth-order valence-corrected chi connectivity index (χ4v) is 2.57. The van der Waals surface area contributed by atoms with Crippen molar-refractivity contribution >= 4 is 23.4 Å². The van der Waals surface area contributed by atoms with Crippen LogP contribution in [-0.4, -0.2) is 28.6 Å². The van der Waals surface area contributed by atoms with Crippen LogP contribution in [0.4, 0.5) is 10.2 Å². The highest BCUT2D eigenvalue weighted by molar-refractivity contribution is 6.28. The van der Waals surface area contributed by atoms with Gasteiger partial charge < -0.3 is 10.1 Å². The Kier molecular flexibility index (Phi) is 5.11. The Morgan fingerprint density at radius 2 is 2.40 bits per heavy atom. The zero-order valence-corrected chi connectivity index (χ0v) is 12.0. The molecule has 1 aliphatic carbocycles. The Hall–Kier alpha value is -1.43. The standard InChI is InChI=1S/C13H17ClFN3O2/c1-2-20-12(19)8-4-3-5-9(6-8)17-11-10(15)7-16-13(14)18-11/h7-9H,2-6H2,1H3,(H,16,17,18)/t8?,9-/m0/s1. The number of hydrogen-bond donors (Lipinski definition) is 1. The molecule has 0 amide bonds. The van der Waals surface area contributed by atoms with Crippen LogP contribution in [0.25, 0.3) is 0 Å². The van der Waals surface area contributed by atoms with Gasteiger partial charge in [-0.05, 0) is 37.8 Å². The second kappa shape index (κ2) is 6.83. The third-order valence-electron chi connectivity index (χ3n) is 3.35.